The molecule has 12 heteroatoms. The van der Waals surface area contributed by atoms with Gasteiger partial charge in [0.1, 0.15) is 18.1 Å². The Labute approximate surface area is 153 Å². The summed E-state index contributed by atoms with van der Waals surface area (Å²) in [5.74, 6) is -0.349. The van der Waals surface area contributed by atoms with Crippen LogP contribution in [0.3, 0.4) is 0 Å². The first-order valence-electron chi connectivity index (χ1n) is 7.72. The van der Waals surface area contributed by atoms with Gasteiger partial charge in [0, 0.05) is 13.0 Å². The predicted octanol–water partition coefficient (Wildman–Crippen LogP) is 1.73. The van der Waals surface area contributed by atoms with Crippen LogP contribution < -0.4 is 9.46 Å². The highest BCUT2D eigenvalue weighted by atomic mass is 32.2. The number of nitrogens with zero attached hydrogens (tertiary/aromatic N) is 3. The van der Waals surface area contributed by atoms with Gasteiger partial charge in [-0.3, -0.25) is 14.2 Å². The Kier molecular flexibility index (Phi) is 6.41. The number of aryl methyl sites for hydroxylation is 1. The minimum Gasteiger partial charge on any atom is -0.487 e. The molecule has 0 spiro atoms. The molecule has 2 rings (SSSR count). The van der Waals surface area contributed by atoms with Crippen molar-refractivity contribution in [3.63, 3.8) is 0 Å². The summed E-state index contributed by atoms with van der Waals surface area (Å²) in [6, 6.07) is 4.28. The van der Waals surface area contributed by atoms with Crippen molar-refractivity contribution in [2.24, 2.45) is 0 Å². The van der Waals surface area contributed by atoms with Gasteiger partial charge in [0.25, 0.3) is 0 Å². The quantitative estimate of drug-likeness (QED) is 0.716. The van der Waals surface area contributed by atoms with Crippen LogP contribution in [-0.4, -0.2) is 35.6 Å². The second-order valence-corrected chi connectivity index (χ2v) is 7.43. The molecule has 27 heavy (non-hydrogen) atoms. The second kappa shape index (κ2) is 8.37. The molecule has 0 saturated carbocycles. The van der Waals surface area contributed by atoms with Crippen LogP contribution >= 0.6 is 0 Å². The highest BCUT2D eigenvalue weighted by Crippen LogP contribution is 2.30. The smallest absolute Gasteiger partial charge is 0.416 e. The molecule has 2 aromatic rings. The summed E-state index contributed by atoms with van der Waals surface area (Å²) in [6.45, 7) is 0.352. The molecule has 0 radical (unpaired) electrons. The predicted molar refractivity (Wildman–Crippen MR) is 88.0 cm³/mol. The molecule has 0 fully saturated rings. The molecule has 0 aliphatic rings. The summed E-state index contributed by atoms with van der Waals surface area (Å²) in [5, 5.41) is 7.69. The molecule has 0 unspecified atom stereocenters. The summed E-state index contributed by atoms with van der Waals surface area (Å²) in [6.07, 6.45) is -1.59. The molecular weight excluding hydrogens is 389 g/mol. The number of carbonyl (C=O) groups excluding carboxylic acids is 1. The molecule has 1 N–H and O–H groups in total. The van der Waals surface area contributed by atoms with Gasteiger partial charge in [0.05, 0.1) is 18.0 Å². The molecule has 0 aliphatic heterocycles. The topological polar surface area (TPSA) is 103 Å². The van der Waals surface area contributed by atoms with Gasteiger partial charge >= 0.3 is 6.18 Å². The minimum absolute atomic E-state index is 0.00428. The number of amides is 1. The standard InChI is InChI=1S/C15H17F3N4O4S/c1-27(24,25)20-14(23)3-2-8-22-9-12(19-21-22)10-26-13-6-4-11(5-7-13)15(16,17)18/h4-7,9H,2-3,8,10H2,1H3,(H,20,23). The van der Waals surface area contributed by atoms with E-state index in [9.17, 15) is 26.4 Å². The fraction of sp³-hybridized carbons (Fsp3) is 0.400. The molecule has 0 atom stereocenters. The summed E-state index contributed by atoms with van der Waals surface area (Å²) in [4.78, 5) is 11.4. The van der Waals surface area contributed by atoms with E-state index in [1.54, 1.807) is 6.20 Å². The summed E-state index contributed by atoms with van der Waals surface area (Å²) in [7, 11) is -3.57. The van der Waals surface area contributed by atoms with Crippen molar-refractivity contribution in [1.82, 2.24) is 19.7 Å². The number of ether oxygens (including phenoxy) is 1. The number of alkyl halides is 3. The first kappa shape index (κ1) is 20.7. The minimum atomic E-state index is -4.40. The highest BCUT2D eigenvalue weighted by Gasteiger charge is 2.30. The van der Waals surface area contributed by atoms with Crippen LogP contribution in [0.15, 0.2) is 30.5 Å². The first-order chi connectivity index (χ1) is 12.5. The van der Waals surface area contributed by atoms with Crippen LogP contribution in [0.25, 0.3) is 0 Å². The SMILES string of the molecule is CS(=O)(=O)NC(=O)CCCn1cc(COc2ccc(C(F)(F)F)cc2)nn1. The van der Waals surface area contributed by atoms with E-state index < -0.39 is 27.7 Å². The van der Waals surface area contributed by atoms with Crippen molar-refractivity contribution in [3.8, 4) is 5.75 Å². The van der Waals surface area contributed by atoms with Crippen LogP contribution in [0.5, 0.6) is 5.75 Å². The Morgan fingerprint density at radius 1 is 1.26 bits per heavy atom. The Morgan fingerprint density at radius 3 is 2.52 bits per heavy atom. The van der Waals surface area contributed by atoms with E-state index in [4.69, 9.17) is 4.74 Å². The zero-order valence-electron chi connectivity index (χ0n) is 14.2. The average molecular weight is 406 g/mol. The van der Waals surface area contributed by atoms with E-state index in [0.717, 1.165) is 18.4 Å². The number of benzene rings is 1. The van der Waals surface area contributed by atoms with E-state index >= 15 is 0 Å². The van der Waals surface area contributed by atoms with Gasteiger partial charge in [0.2, 0.25) is 15.9 Å². The van der Waals surface area contributed by atoms with Crippen LogP contribution in [0.2, 0.25) is 0 Å². The number of carbonyl (C=O) groups is 1. The third-order valence-electron chi connectivity index (χ3n) is 3.24. The van der Waals surface area contributed by atoms with Crippen molar-refractivity contribution >= 4 is 15.9 Å². The summed E-state index contributed by atoms with van der Waals surface area (Å²) >= 11 is 0. The third kappa shape index (κ3) is 7.25. The van der Waals surface area contributed by atoms with Gasteiger partial charge < -0.3 is 4.74 Å². The lowest BCUT2D eigenvalue weighted by Crippen LogP contribution is -2.29. The van der Waals surface area contributed by atoms with Gasteiger partial charge in [-0.15, -0.1) is 5.10 Å². The normalized spacial score (nSPS) is 12.0. The molecule has 1 aromatic carbocycles. The van der Waals surface area contributed by atoms with Crippen LogP contribution in [0, 0.1) is 0 Å². The molecule has 1 aromatic heterocycles. The van der Waals surface area contributed by atoms with E-state index in [-0.39, 0.29) is 18.8 Å². The van der Waals surface area contributed by atoms with Crippen molar-refractivity contribution in [2.75, 3.05) is 6.26 Å². The van der Waals surface area contributed by atoms with Gasteiger partial charge in [-0.25, -0.2) is 8.42 Å². The van der Waals surface area contributed by atoms with E-state index in [0.29, 0.717) is 18.7 Å². The molecule has 0 aliphatic carbocycles. The number of rotatable bonds is 8. The van der Waals surface area contributed by atoms with Gasteiger partial charge in [-0.2, -0.15) is 13.2 Å². The zero-order chi connectivity index (χ0) is 20.1. The Bertz CT molecular complexity index is 879. The first-order valence-corrected chi connectivity index (χ1v) is 9.62. The molecule has 1 heterocycles. The number of hydrogen-bond acceptors (Lipinski definition) is 6. The van der Waals surface area contributed by atoms with E-state index in [1.165, 1.54) is 16.8 Å². The maximum absolute atomic E-state index is 12.5. The molecular formula is C15H17F3N4O4S. The zero-order valence-corrected chi connectivity index (χ0v) is 15.0. The van der Waals surface area contributed by atoms with Crippen molar-refractivity contribution in [2.45, 2.75) is 32.2 Å². The largest absolute Gasteiger partial charge is 0.487 e. The molecule has 1 amide bonds. The lowest BCUT2D eigenvalue weighted by molar-refractivity contribution is -0.137. The summed E-state index contributed by atoms with van der Waals surface area (Å²) < 4.78 is 68.0. The Balaban J connectivity index is 1.78. The maximum Gasteiger partial charge on any atom is 0.416 e. The summed E-state index contributed by atoms with van der Waals surface area (Å²) in [5.41, 5.74) is -0.309. The lowest BCUT2D eigenvalue weighted by atomic mass is 10.2. The van der Waals surface area contributed by atoms with Crippen molar-refractivity contribution < 1.29 is 31.1 Å². The van der Waals surface area contributed by atoms with Gasteiger partial charge in [0.15, 0.2) is 0 Å². The molecule has 148 valence electrons. The number of aromatic nitrogens is 3. The van der Waals surface area contributed by atoms with Gasteiger partial charge in [-0.05, 0) is 30.7 Å². The lowest BCUT2D eigenvalue weighted by Gasteiger charge is -2.08. The maximum atomic E-state index is 12.5. The molecule has 0 bridgehead atoms. The van der Waals surface area contributed by atoms with Crippen LogP contribution in [0.4, 0.5) is 13.2 Å². The van der Waals surface area contributed by atoms with E-state index in [2.05, 4.69) is 10.3 Å². The fourth-order valence-electron chi connectivity index (χ4n) is 2.07. The van der Waals surface area contributed by atoms with Gasteiger partial charge in [-0.1, -0.05) is 5.21 Å². The Hall–Kier alpha value is -2.63. The monoisotopic (exact) mass is 406 g/mol. The van der Waals surface area contributed by atoms with E-state index in [1.807, 2.05) is 4.72 Å². The number of hydrogen-bond donors (Lipinski definition) is 1. The number of nitrogens with one attached hydrogen (secondary N) is 1. The van der Waals surface area contributed by atoms with Crippen LogP contribution in [0.1, 0.15) is 24.1 Å². The number of halogens is 3. The van der Waals surface area contributed by atoms with Crippen molar-refractivity contribution in [3.05, 3.63) is 41.7 Å². The number of sulfonamides is 1. The molecule has 8 nitrogen and oxygen atoms in total. The average Bonchev–Trinajstić information content (AvgIpc) is 2.98. The fourth-order valence-corrected chi connectivity index (χ4v) is 2.59. The van der Waals surface area contributed by atoms with Crippen LogP contribution in [-0.2, 0) is 34.1 Å². The van der Waals surface area contributed by atoms with Crippen molar-refractivity contribution in [1.29, 1.82) is 0 Å². The second-order valence-electron chi connectivity index (χ2n) is 5.68. The third-order valence-corrected chi connectivity index (χ3v) is 3.84. The highest BCUT2D eigenvalue weighted by molar-refractivity contribution is 7.89. The molecule has 0 saturated heterocycles. The Morgan fingerprint density at radius 2 is 1.93 bits per heavy atom.